The zero-order valence-corrected chi connectivity index (χ0v) is 16.0. The van der Waals surface area contributed by atoms with Gasteiger partial charge in [0.05, 0.1) is 0 Å². The molecule has 0 saturated heterocycles. The summed E-state index contributed by atoms with van der Waals surface area (Å²) in [4.78, 5) is 12.0. The minimum Gasteiger partial charge on any atom is -0.462 e. The first-order valence-corrected chi connectivity index (χ1v) is 10.3. The molecule has 0 fully saturated rings. The van der Waals surface area contributed by atoms with Gasteiger partial charge in [-0.2, -0.15) is 0 Å². The van der Waals surface area contributed by atoms with Gasteiger partial charge in [-0.05, 0) is 36.5 Å². The van der Waals surface area contributed by atoms with Crippen molar-refractivity contribution in [1.82, 2.24) is 0 Å². The molecule has 26 heavy (non-hydrogen) atoms. The third-order valence-electron chi connectivity index (χ3n) is 5.20. The van der Waals surface area contributed by atoms with E-state index in [0.717, 1.165) is 18.9 Å². The van der Waals surface area contributed by atoms with Gasteiger partial charge in [0.1, 0.15) is 17.7 Å². The fraction of sp³-hybridized carbons (Fsp3) is 0.682. The van der Waals surface area contributed by atoms with Crippen molar-refractivity contribution in [2.45, 2.75) is 96.5 Å². The Morgan fingerprint density at radius 2 is 1.69 bits per heavy atom. The molecule has 0 bridgehead atoms. The second kappa shape index (κ2) is 11.3. The van der Waals surface area contributed by atoms with Crippen LogP contribution in [-0.4, -0.2) is 12.1 Å². The SMILES string of the molecule is CCCCCCCCCCCC(=O)O[C@@H]1CCc2cc(F)cc(F)c2C1. The second-order valence-corrected chi connectivity index (χ2v) is 7.46. The summed E-state index contributed by atoms with van der Waals surface area (Å²) < 4.78 is 32.6. The highest BCUT2D eigenvalue weighted by molar-refractivity contribution is 5.69. The van der Waals surface area contributed by atoms with Gasteiger partial charge in [-0.3, -0.25) is 4.79 Å². The molecule has 1 aromatic carbocycles. The van der Waals surface area contributed by atoms with Crippen molar-refractivity contribution < 1.29 is 18.3 Å². The summed E-state index contributed by atoms with van der Waals surface area (Å²) in [7, 11) is 0. The molecule has 0 spiro atoms. The number of ether oxygens (including phenoxy) is 1. The zero-order valence-electron chi connectivity index (χ0n) is 16.0. The average molecular weight is 366 g/mol. The minimum atomic E-state index is -0.540. The maximum atomic E-state index is 13.9. The van der Waals surface area contributed by atoms with Crippen LogP contribution in [0.3, 0.4) is 0 Å². The highest BCUT2D eigenvalue weighted by atomic mass is 19.1. The molecule has 0 heterocycles. The molecule has 2 rings (SSSR count). The van der Waals surface area contributed by atoms with Crippen LogP contribution >= 0.6 is 0 Å². The van der Waals surface area contributed by atoms with E-state index in [-0.39, 0.29) is 12.1 Å². The van der Waals surface area contributed by atoms with E-state index in [1.165, 1.54) is 51.0 Å². The van der Waals surface area contributed by atoms with Gasteiger partial charge in [0.2, 0.25) is 0 Å². The van der Waals surface area contributed by atoms with E-state index in [1.54, 1.807) is 0 Å². The van der Waals surface area contributed by atoms with Crippen molar-refractivity contribution in [2.75, 3.05) is 0 Å². The standard InChI is InChI=1S/C22H32F2O2/c1-2-3-4-5-6-7-8-9-10-11-22(25)26-19-13-12-17-14-18(23)15-21(24)20(17)16-19/h14-15,19H,2-13,16H2,1H3/t19-/m1/s1. The Kier molecular flexibility index (Phi) is 9.07. The topological polar surface area (TPSA) is 26.3 Å². The van der Waals surface area contributed by atoms with Crippen molar-refractivity contribution in [1.29, 1.82) is 0 Å². The lowest BCUT2D eigenvalue weighted by Crippen LogP contribution is -2.26. The number of aryl methyl sites for hydroxylation is 1. The van der Waals surface area contributed by atoms with E-state index in [0.29, 0.717) is 36.8 Å². The van der Waals surface area contributed by atoms with Gasteiger partial charge in [0.25, 0.3) is 0 Å². The van der Waals surface area contributed by atoms with Crippen LogP contribution in [0.15, 0.2) is 12.1 Å². The predicted molar refractivity (Wildman–Crippen MR) is 100 cm³/mol. The number of esters is 1. The third kappa shape index (κ3) is 7.05. The number of carbonyl (C=O) groups is 1. The van der Waals surface area contributed by atoms with Crippen LogP contribution in [0.25, 0.3) is 0 Å². The summed E-state index contributed by atoms with van der Waals surface area (Å²) in [6.07, 6.45) is 12.6. The van der Waals surface area contributed by atoms with E-state index >= 15 is 0 Å². The number of carbonyl (C=O) groups excluding carboxylic acids is 1. The fourth-order valence-electron chi connectivity index (χ4n) is 3.68. The zero-order chi connectivity index (χ0) is 18.8. The molecule has 0 radical (unpaired) electrons. The van der Waals surface area contributed by atoms with Gasteiger partial charge in [-0.15, -0.1) is 0 Å². The molecule has 1 atom stereocenters. The van der Waals surface area contributed by atoms with Crippen molar-refractivity contribution >= 4 is 5.97 Å². The molecule has 2 nitrogen and oxygen atoms in total. The van der Waals surface area contributed by atoms with Crippen molar-refractivity contribution in [3.8, 4) is 0 Å². The lowest BCUT2D eigenvalue weighted by molar-refractivity contribution is -0.149. The Labute approximate surface area is 156 Å². The quantitative estimate of drug-likeness (QED) is 0.340. The van der Waals surface area contributed by atoms with E-state index in [4.69, 9.17) is 4.74 Å². The number of halogens is 2. The number of hydrogen-bond donors (Lipinski definition) is 0. The van der Waals surface area contributed by atoms with Gasteiger partial charge < -0.3 is 4.74 Å². The molecular formula is C22H32F2O2. The first-order chi connectivity index (χ1) is 12.6. The van der Waals surface area contributed by atoms with Crippen molar-refractivity contribution in [2.24, 2.45) is 0 Å². The molecule has 0 aromatic heterocycles. The molecule has 4 heteroatoms. The van der Waals surface area contributed by atoms with Crippen LogP contribution in [0.4, 0.5) is 8.78 Å². The van der Waals surface area contributed by atoms with Crippen molar-refractivity contribution in [3.05, 3.63) is 34.9 Å². The summed E-state index contributed by atoms with van der Waals surface area (Å²) in [5.74, 6) is -1.26. The smallest absolute Gasteiger partial charge is 0.306 e. The Morgan fingerprint density at radius 3 is 2.38 bits per heavy atom. The van der Waals surface area contributed by atoms with Gasteiger partial charge in [-0.25, -0.2) is 8.78 Å². The monoisotopic (exact) mass is 366 g/mol. The van der Waals surface area contributed by atoms with E-state index in [1.807, 2.05) is 0 Å². The largest absolute Gasteiger partial charge is 0.462 e. The van der Waals surface area contributed by atoms with Crippen LogP contribution < -0.4 is 0 Å². The van der Waals surface area contributed by atoms with Crippen LogP contribution in [0.2, 0.25) is 0 Å². The summed E-state index contributed by atoms with van der Waals surface area (Å²) in [5.41, 5.74) is 1.20. The lowest BCUT2D eigenvalue weighted by atomic mass is 9.89. The number of unbranched alkanes of at least 4 members (excludes halogenated alkanes) is 8. The first kappa shape index (κ1) is 20.9. The van der Waals surface area contributed by atoms with Gasteiger partial charge in [-0.1, -0.05) is 58.3 Å². The number of fused-ring (bicyclic) bond motifs is 1. The average Bonchev–Trinajstić information content (AvgIpc) is 2.61. The minimum absolute atomic E-state index is 0.191. The Morgan fingerprint density at radius 1 is 1.04 bits per heavy atom. The Hall–Kier alpha value is -1.45. The highest BCUT2D eigenvalue weighted by Crippen LogP contribution is 2.27. The van der Waals surface area contributed by atoms with E-state index in [9.17, 15) is 13.6 Å². The van der Waals surface area contributed by atoms with E-state index < -0.39 is 11.6 Å². The molecule has 1 aliphatic rings. The maximum absolute atomic E-state index is 13.9. The van der Waals surface area contributed by atoms with Gasteiger partial charge in [0.15, 0.2) is 0 Å². The highest BCUT2D eigenvalue weighted by Gasteiger charge is 2.24. The molecule has 0 saturated carbocycles. The van der Waals surface area contributed by atoms with Crippen LogP contribution in [0.5, 0.6) is 0 Å². The predicted octanol–water partition coefficient (Wildman–Crippen LogP) is 6.29. The molecule has 1 aliphatic carbocycles. The molecule has 0 aliphatic heterocycles. The van der Waals surface area contributed by atoms with Crippen LogP contribution in [0.1, 0.15) is 88.7 Å². The number of benzene rings is 1. The lowest BCUT2D eigenvalue weighted by Gasteiger charge is -2.25. The summed E-state index contributed by atoms with van der Waals surface area (Å²) in [6, 6.07) is 2.30. The summed E-state index contributed by atoms with van der Waals surface area (Å²) >= 11 is 0. The molecule has 0 amide bonds. The molecule has 0 N–H and O–H groups in total. The Balaban J connectivity index is 1.59. The van der Waals surface area contributed by atoms with E-state index in [2.05, 4.69) is 6.92 Å². The molecular weight excluding hydrogens is 334 g/mol. The number of rotatable bonds is 11. The molecule has 1 aromatic rings. The summed E-state index contributed by atoms with van der Waals surface area (Å²) in [6.45, 7) is 2.22. The first-order valence-electron chi connectivity index (χ1n) is 10.3. The Bertz CT molecular complexity index is 572. The molecule has 0 unspecified atom stereocenters. The molecule has 146 valence electrons. The normalized spacial score (nSPS) is 16.3. The van der Waals surface area contributed by atoms with Crippen LogP contribution in [0, 0.1) is 11.6 Å². The summed E-state index contributed by atoms with van der Waals surface area (Å²) in [5, 5.41) is 0. The van der Waals surface area contributed by atoms with Gasteiger partial charge >= 0.3 is 5.97 Å². The van der Waals surface area contributed by atoms with Crippen LogP contribution in [-0.2, 0) is 22.4 Å². The maximum Gasteiger partial charge on any atom is 0.306 e. The second-order valence-electron chi connectivity index (χ2n) is 7.46. The number of hydrogen-bond acceptors (Lipinski definition) is 2. The van der Waals surface area contributed by atoms with Crippen molar-refractivity contribution in [3.63, 3.8) is 0 Å². The van der Waals surface area contributed by atoms with Gasteiger partial charge in [0, 0.05) is 18.9 Å². The fourth-order valence-corrected chi connectivity index (χ4v) is 3.68. The third-order valence-corrected chi connectivity index (χ3v) is 5.20.